The monoisotopic (exact) mass is 757 g/mol. The predicted octanol–water partition coefficient (Wildman–Crippen LogP) is 1.56. The molecule has 2 unspecified atom stereocenters. The maximum absolute atomic E-state index is 15.3. The van der Waals surface area contributed by atoms with Crippen LogP contribution in [0.25, 0.3) is 0 Å². The molecule has 3 aliphatic heterocycles. The third-order valence-corrected chi connectivity index (χ3v) is 9.42. The number of nitrogens with one attached hydrogen (secondary N) is 2. The number of hydrogen-bond acceptors (Lipinski definition) is 11. The first-order valence-electron chi connectivity index (χ1n) is 16.4. The summed E-state index contributed by atoms with van der Waals surface area (Å²) in [6, 6.07) is 1.03. The Bertz CT molecular complexity index is 2050. The van der Waals surface area contributed by atoms with E-state index in [4.69, 9.17) is 4.65 Å². The quantitative estimate of drug-likeness (QED) is 0.126. The van der Waals surface area contributed by atoms with Gasteiger partial charge in [-0.05, 0) is 49.1 Å². The minimum atomic E-state index is -2.22. The molecule has 21 heteroatoms. The summed E-state index contributed by atoms with van der Waals surface area (Å²) in [5, 5.41) is 63.6. The third-order valence-electron chi connectivity index (χ3n) is 9.42. The highest BCUT2D eigenvalue weighted by atomic mass is 19.1. The average molecular weight is 757 g/mol. The van der Waals surface area contributed by atoms with Gasteiger partial charge in [-0.15, -0.1) is 0 Å². The number of phenolic OH excluding ortho intramolecular Hbond substituents is 4. The second-order valence-corrected chi connectivity index (χ2v) is 12.8. The SMILES string of the molecule is O=C(O)c1c(F)ccc2c1OB(O)C(NC(=O)C(NC(=O)N1CCN(C3CCN(C(=O)c4cc(O)cc(O)c4)CC3)C1=O)c1cc(F)c(O)c(O)c1F)C2. The van der Waals surface area contributed by atoms with Gasteiger partial charge in [-0.1, -0.05) is 6.07 Å². The number of aromatic hydroxyl groups is 4. The first-order valence-corrected chi connectivity index (χ1v) is 16.4. The van der Waals surface area contributed by atoms with Crippen LogP contribution in [0, 0.1) is 17.5 Å². The second kappa shape index (κ2) is 14.6. The number of nitrogens with zero attached hydrogens (tertiary/aromatic N) is 3. The molecule has 2 atom stereocenters. The number of fused-ring (bicyclic) bond motifs is 1. The number of piperidine rings is 1. The van der Waals surface area contributed by atoms with Gasteiger partial charge in [0.25, 0.3) is 5.91 Å². The topological polar surface area (TPSA) is 250 Å². The van der Waals surface area contributed by atoms with Crippen molar-refractivity contribution in [1.82, 2.24) is 25.3 Å². The van der Waals surface area contributed by atoms with E-state index < -0.39 is 101 Å². The van der Waals surface area contributed by atoms with E-state index in [2.05, 4.69) is 10.6 Å². The molecule has 0 radical (unpaired) electrons. The number of carboxylic acid groups (broad SMARTS) is 1. The van der Waals surface area contributed by atoms with Crippen LogP contribution in [0.2, 0.25) is 0 Å². The van der Waals surface area contributed by atoms with Gasteiger partial charge < -0.3 is 55.6 Å². The molecule has 0 aromatic heterocycles. The minimum absolute atomic E-state index is 0.0229. The van der Waals surface area contributed by atoms with Crippen molar-refractivity contribution in [2.24, 2.45) is 0 Å². The van der Waals surface area contributed by atoms with Crippen LogP contribution >= 0.6 is 0 Å². The van der Waals surface area contributed by atoms with Gasteiger partial charge in [0.15, 0.2) is 23.1 Å². The van der Waals surface area contributed by atoms with Crippen LogP contribution in [0.15, 0.2) is 36.4 Å². The molecular weight excluding hydrogens is 726 g/mol. The zero-order chi connectivity index (χ0) is 39.2. The lowest BCUT2D eigenvalue weighted by Gasteiger charge is -2.36. The van der Waals surface area contributed by atoms with Gasteiger partial charge in [0.2, 0.25) is 5.91 Å². The number of phenols is 4. The van der Waals surface area contributed by atoms with Crippen molar-refractivity contribution in [3.63, 3.8) is 0 Å². The van der Waals surface area contributed by atoms with Crippen molar-refractivity contribution in [2.45, 2.75) is 37.3 Å². The molecule has 17 nitrogen and oxygen atoms in total. The fourth-order valence-electron chi connectivity index (χ4n) is 6.71. The van der Waals surface area contributed by atoms with Gasteiger partial charge in [0.1, 0.15) is 34.7 Å². The van der Waals surface area contributed by atoms with Gasteiger partial charge in [-0.25, -0.2) is 32.5 Å². The first kappa shape index (κ1) is 37.4. The van der Waals surface area contributed by atoms with Gasteiger partial charge in [-0.2, -0.15) is 0 Å². The molecule has 284 valence electrons. The molecule has 2 saturated heterocycles. The Hall–Kier alpha value is -6.38. The fourth-order valence-corrected chi connectivity index (χ4v) is 6.71. The Balaban J connectivity index is 1.17. The number of carbonyl (C=O) groups excluding carboxylic acids is 4. The molecule has 0 aliphatic carbocycles. The first-order chi connectivity index (χ1) is 25.5. The summed E-state index contributed by atoms with van der Waals surface area (Å²) in [6.45, 7) is 0.171. The molecule has 3 aliphatic rings. The van der Waals surface area contributed by atoms with Crippen LogP contribution in [0.5, 0.6) is 28.7 Å². The summed E-state index contributed by atoms with van der Waals surface area (Å²) in [4.78, 5) is 68.7. The molecule has 54 heavy (non-hydrogen) atoms. The summed E-state index contributed by atoms with van der Waals surface area (Å²) in [5.41, 5.74) is -1.77. The number of halogens is 3. The predicted molar refractivity (Wildman–Crippen MR) is 176 cm³/mol. The van der Waals surface area contributed by atoms with Crippen LogP contribution in [0.3, 0.4) is 0 Å². The number of benzene rings is 3. The Kier molecular flexibility index (Phi) is 10.1. The van der Waals surface area contributed by atoms with Crippen molar-refractivity contribution in [3.8, 4) is 28.7 Å². The maximum atomic E-state index is 15.3. The second-order valence-electron chi connectivity index (χ2n) is 12.8. The number of hydrogen-bond donors (Lipinski definition) is 8. The van der Waals surface area contributed by atoms with Gasteiger partial charge in [-0.3, -0.25) is 9.59 Å². The van der Waals surface area contributed by atoms with Crippen molar-refractivity contribution < 1.29 is 72.4 Å². The van der Waals surface area contributed by atoms with E-state index in [-0.39, 0.29) is 68.1 Å². The Morgan fingerprint density at radius 1 is 0.889 bits per heavy atom. The number of urea groups is 2. The van der Waals surface area contributed by atoms with Crippen molar-refractivity contribution in [3.05, 3.63) is 76.1 Å². The molecule has 3 aromatic carbocycles. The number of aromatic carboxylic acids is 1. The highest BCUT2D eigenvalue weighted by molar-refractivity contribution is 6.47. The normalized spacial score (nSPS) is 17.9. The number of amides is 6. The van der Waals surface area contributed by atoms with Crippen LogP contribution in [0.1, 0.15) is 50.7 Å². The van der Waals surface area contributed by atoms with Gasteiger partial charge in [0.05, 0.1) is 5.94 Å². The third kappa shape index (κ3) is 7.04. The Morgan fingerprint density at radius 3 is 2.20 bits per heavy atom. The van der Waals surface area contributed by atoms with Crippen molar-refractivity contribution in [2.75, 3.05) is 26.2 Å². The van der Waals surface area contributed by atoms with E-state index in [0.29, 0.717) is 11.0 Å². The van der Waals surface area contributed by atoms with E-state index in [0.717, 1.165) is 18.2 Å². The highest BCUT2D eigenvalue weighted by Crippen LogP contribution is 2.37. The number of carbonyl (C=O) groups is 5. The number of likely N-dealkylation sites (tertiary alicyclic amines) is 1. The molecule has 2 fully saturated rings. The molecule has 8 N–H and O–H groups in total. The van der Waals surface area contributed by atoms with E-state index in [1.54, 1.807) is 0 Å². The summed E-state index contributed by atoms with van der Waals surface area (Å²) < 4.78 is 49.3. The van der Waals surface area contributed by atoms with Crippen LogP contribution in [-0.4, -0.2) is 120 Å². The highest BCUT2D eigenvalue weighted by Gasteiger charge is 2.43. The van der Waals surface area contributed by atoms with E-state index in [1.165, 1.54) is 21.9 Å². The zero-order valence-corrected chi connectivity index (χ0v) is 27.8. The minimum Gasteiger partial charge on any atom is -0.534 e. The standard InChI is InChI=1S/C33H31BF3N5O12/c35-20-2-1-14-11-22(34(53)54-28(14)23(20)31(49)50)38-29(47)25(19-13-21(36)26(45)27(46)24(19)37)39-32(51)42-8-7-41(33(42)52)16-3-5-40(6-4-16)30(48)15-9-17(43)12-18(44)10-15/h1-2,9-10,12-13,16,22,25,43-46,53H,3-8,11H2,(H,38,47)(H,39,51)(H,49,50). The van der Waals surface area contributed by atoms with E-state index in [1.807, 2.05) is 0 Å². The molecule has 3 aromatic rings. The fraction of sp³-hybridized carbons (Fsp3) is 0.303. The van der Waals surface area contributed by atoms with Crippen molar-refractivity contribution >= 4 is 37.0 Å². The van der Waals surface area contributed by atoms with E-state index >= 15 is 4.39 Å². The summed E-state index contributed by atoms with van der Waals surface area (Å²) in [5.74, 6) is -13.6. The summed E-state index contributed by atoms with van der Waals surface area (Å²) in [7, 11) is -2.00. The number of carboxylic acids is 1. The Labute approximate surface area is 302 Å². The Morgan fingerprint density at radius 2 is 1.56 bits per heavy atom. The maximum Gasteiger partial charge on any atom is 0.547 e. The molecule has 0 saturated carbocycles. The van der Waals surface area contributed by atoms with Gasteiger partial charge in [0, 0.05) is 49.4 Å². The molecule has 3 heterocycles. The number of imide groups is 1. The molecule has 0 bridgehead atoms. The van der Waals surface area contributed by atoms with Crippen LogP contribution in [0.4, 0.5) is 22.8 Å². The molecule has 6 amide bonds. The molecule has 6 rings (SSSR count). The lowest BCUT2D eigenvalue weighted by molar-refractivity contribution is -0.123. The smallest absolute Gasteiger partial charge is 0.534 e. The summed E-state index contributed by atoms with van der Waals surface area (Å²) in [6.07, 6.45) is 0.215. The number of rotatable bonds is 7. The summed E-state index contributed by atoms with van der Waals surface area (Å²) >= 11 is 0. The van der Waals surface area contributed by atoms with Gasteiger partial charge >= 0.3 is 25.1 Å². The van der Waals surface area contributed by atoms with Crippen LogP contribution < -0.4 is 15.3 Å². The average Bonchev–Trinajstić information content (AvgIpc) is 3.51. The van der Waals surface area contributed by atoms with Crippen molar-refractivity contribution in [1.29, 1.82) is 0 Å². The lowest BCUT2D eigenvalue weighted by atomic mass is 9.72. The van der Waals surface area contributed by atoms with E-state index in [9.17, 15) is 63.3 Å². The molecular formula is C33H31BF3N5O12. The molecule has 0 spiro atoms. The van der Waals surface area contributed by atoms with Crippen LogP contribution in [-0.2, 0) is 11.2 Å². The zero-order valence-electron chi connectivity index (χ0n) is 27.8. The largest absolute Gasteiger partial charge is 0.547 e. The lowest BCUT2D eigenvalue weighted by Crippen LogP contribution is -2.56.